The molecule has 1 aromatic carbocycles. The summed E-state index contributed by atoms with van der Waals surface area (Å²) < 4.78 is 1.48. The topological polar surface area (TPSA) is 110 Å². The zero-order chi connectivity index (χ0) is 22.8. The van der Waals surface area contributed by atoms with Gasteiger partial charge in [-0.3, -0.25) is 9.69 Å². The van der Waals surface area contributed by atoms with Gasteiger partial charge in [0, 0.05) is 17.6 Å². The van der Waals surface area contributed by atoms with Crippen LogP contribution >= 0.6 is 11.6 Å². The summed E-state index contributed by atoms with van der Waals surface area (Å²) in [5, 5.41) is 11.8. The summed E-state index contributed by atoms with van der Waals surface area (Å²) in [7, 11) is 0. The summed E-state index contributed by atoms with van der Waals surface area (Å²) in [4.78, 5) is 30.1. The van der Waals surface area contributed by atoms with Crippen LogP contribution in [-0.2, 0) is 11.3 Å². The lowest BCUT2D eigenvalue weighted by Crippen LogP contribution is -2.58. The molecule has 0 saturated carbocycles. The van der Waals surface area contributed by atoms with Crippen molar-refractivity contribution in [2.24, 2.45) is 11.7 Å². The van der Waals surface area contributed by atoms with Crippen molar-refractivity contribution in [3.05, 3.63) is 35.1 Å². The van der Waals surface area contributed by atoms with Gasteiger partial charge >= 0.3 is 6.03 Å². The molecule has 0 spiro atoms. The fraction of sp³-hybridized carbons (Fsp3) is 0.571. The number of tetrazole rings is 1. The van der Waals surface area contributed by atoms with Crippen LogP contribution in [-0.4, -0.2) is 60.1 Å². The highest BCUT2D eigenvalue weighted by Crippen LogP contribution is 2.26. The Hall–Kier alpha value is -2.52. The third-order valence-corrected chi connectivity index (χ3v) is 5.80. The van der Waals surface area contributed by atoms with Gasteiger partial charge < -0.3 is 10.6 Å². The molecule has 10 heteroatoms. The summed E-state index contributed by atoms with van der Waals surface area (Å²) >= 11 is 6.25. The molecule has 3 rings (SSSR count). The Labute approximate surface area is 187 Å². The average Bonchev–Trinajstić information content (AvgIpc) is 3.36. The van der Waals surface area contributed by atoms with Crippen LogP contribution in [0, 0.1) is 5.92 Å². The minimum Gasteiger partial charge on any atom is -0.322 e. The molecule has 1 fully saturated rings. The number of nitrogens with two attached hydrogens (primary N) is 1. The maximum Gasteiger partial charge on any atom is 0.327 e. The Morgan fingerprint density at radius 3 is 2.71 bits per heavy atom. The summed E-state index contributed by atoms with van der Waals surface area (Å²) in [6.07, 6.45) is 3.73. The zero-order valence-electron chi connectivity index (χ0n) is 18.5. The molecule has 31 heavy (non-hydrogen) atoms. The van der Waals surface area contributed by atoms with E-state index in [9.17, 15) is 9.59 Å². The van der Waals surface area contributed by atoms with E-state index in [2.05, 4.69) is 15.5 Å². The molecule has 2 atom stereocenters. The summed E-state index contributed by atoms with van der Waals surface area (Å²) in [6.45, 7) is 8.31. The fourth-order valence-electron chi connectivity index (χ4n) is 4.19. The summed E-state index contributed by atoms with van der Waals surface area (Å²) in [5.41, 5.74) is 6.53. The molecule has 0 unspecified atom stereocenters. The maximum atomic E-state index is 13.6. The monoisotopic (exact) mass is 447 g/mol. The number of urea groups is 1. The molecular formula is C21H30ClN7O2. The fourth-order valence-corrected chi connectivity index (χ4v) is 4.38. The van der Waals surface area contributed by atoms with Crippen molar-refractivity contribution in [2.45, 2.75) is 65.1 Å². The molecule has 1 aliphatic heterocycles. The lowest BCUT2D eigenvalue weighted by molar-refractivity contribution is -0.135. The summed E-state index contributed by atoms with van der Waals surface area (Å²) in [5.74, 6) is -0.211. The second-order valence-electron chi connectivity index (χ2n) is 8.90. The van der Waals surface area contributed by atoms with Crippen molar-refractivity contribution < 1.29 is 9.59 Å². The van der Waals surface area contributed by atoms with Gasteiger partial charge in [-0.1, -0.05) is 25.4 Å². The van der Waals surface area contributed by atoms with E-state index in [-0.39, 0.29) is 24.5 Å². The van der Waals surface area contributed by atoms with Gasteiger partial charge in [0.15, 0.2) is 0 Å². The van der Waals surface area contributed by atoms with E-state index in [4.69, 9.17) is 17.3 Å². The largest absolute Gasteiger partial charge is 0.327 e. The number of halogens is 1. The Morgan fingerprint density at radius 2 is 2.13 bits per heavy atom. The first-order valence-corrected chi connectivity index (χ1v) is 10.9. The van der Waals surface area contributed by atoms with Crippen LogP contribution in [0.4, 0.5) is 4.79 Å². The first-order valence-electron chi connectivity index (χ1n) is 10.5. The number of hydrogen-bond acceptors (Lipinski definition) is 6. The number of rotatable bonds is 6. The van der Waals surface area contributed by atoms with Gasteiger partial charge in [0.05, 0.1) is 17.8 Å². The van der Waals surface area contributed by atoms with Crippen LogP contribution in [0.15, 0.2) is 24.5 Å². The predicted octanol–water partition coefficient (Wildman–Crippen LogP) is 3.01. The first kappa shape index (κ1) is 23.1. The molecule has 1 aromatic heterocycles. The van der Waals surface area contributed by atoms with Crippen molar-refractivity contribution in [1.82, 2.24) is 30.0 Å². The molecule has 1 aliphatic rings. The van der Waals surface area contributed by atoms with E-state index in [0.29, 0.717) is 29.2 Å². The quantitative estimate of drug-likeness (QED) is 0.728. The SMILES string of the molecule is CC(C)C[C@](C)(N)C(=O)N(Cc1cc(Cl)ccc1-n1cnnn1)C(=O)N1CCC[C@H]1C. The van der Waals surface area contributed by atoms with Crippen molar-refractivity contribution >= 4 is 23.5 Å². The standard InChI is InChI=1S/C21H30ClN7O2/c1-14(2)11-21(4,23)19(30)28(20(31)27-9-5-6-15(27)3)12-16-10-17(22)7-8-18(16)29-13-24-25-26-29/h7-8,10,13-15H,5-6,9,11-12,23H2,1-4H3/t15-,21+/m1/s1. The average molecular weight is 448 g/mol. The van der Waals surface area contributed by atoms with Gasteiger partial charge in [-0.05, 0) is 73.2 Å². The zero-order valence-corrected chi connectivity index (χ0v) is 19.2. The Balaban J connectivity index is 2.00. The molecule has 0 radical (unpaired) electrons. The number of hydrogen-bond donors (Lipinski definition) is 1. The van der Waals surface area contributed by atoms with Gasteiger partial charge in [0.1, 0.15) is 6.33 Å². The van der Waals surface area contributed by atoms with Crippen LogP contribution < -0.4 is 5.73 Å². The molecule has 0 aliphatic carbocycles. The number of benzene rings is 1. The Kier molecular flexibility index (Phi) is 6.96. The number of aromatic nitrogens is 4. The van der Waals surface area contributed by atoms with E-state index >= 15 is 0 Å². The number of amides is 3. The molecule has 2 N–H and O–H groups in total. The Bertz CT molecular complexity index is 930. The molecule has 9 nitrogen and oxygen atoms in total. The third kappa shape index (κ3) is 5.22. The second-order valence-corrected chi connectivity index (χ2v) is 9.34. The van der Waals surface area contributed by atoms with Crippen LogP contribution in [0.2, 0.25) is 5.02 Å². The molecule has 168 valence electrons. The second kappa shape index (κ2) is 9.32. The molecule has 0 bridgehead atoms. The van der Waals surface area contributed by atoms with E-state index in [0.717, 1.165) is 12.8 Å². The van der Waals surface area contributed by atoms with Gasteiger partial charge in [0.2, 0.25) is 0 Å². The lowest BCUT2D eigenvalue weighted by atomic mass is 9.90. The number of imide groups is 1. The number of likely N-dealkylation sites (tertiary alicyclic amines) is 1. The van der Waals surface area contributed by atoms with Gasteiger partial charge in [-0.15, -0.1) is 5.10 Å². The van der Waals surface area contributed by atoms with Crippen LogP contribution in [0.25, 0.3) is 5.69 Å². The van der Waals surface area contributed by atoms with Crippen molar-refractivity contribution in [2.75, 3.05) is 6.54 Å². The number of carbonyl (C=O) groups excluding carboxylic acids is 2. The van der Waals surface area contributed by atoms with Crippen molar-refractivity contribution in [3.63, 3.8) is 0 Å². The number of carbonyl (C=O) groups is 2. The highest BCUT2D eigenvalue weighted by Gasteiger charge is 2.40. The highest BCUT2D eigenvalue weighted by molar-refractivity contribution is 6.30. The third-order valence-electron chi connectivity index (χ3n) is 5.56. The number of nitrogens with zero attached hydrogens (tertiary/aromatic N) is 6. The van der Waals surface area contributed by atoms with Gasteiger partial charge in [-0.25, -0.2) is 9.48 Å². The molecule has 3 amide bonds. The van der Waals surface area contributed by atoms with Gasteiger partial charge in [-0.2, -0.15) is 0 Å². The van der Waals surface area contributed by atoms with E-state index in [1.165, 1.54) is 15.9 Å². The van der Waals surface area contributed by atoms with Crippen molar-refractivity contribution in [3.8, 4) is 5.69 Å². The van der Waals surface area contributed by atoms with E-state index < -0.39 is 11.4 Å². The normalized spacial score (nSPS) is 18.3. The molecular weight excluding hydrogens is 418 g/mol. The van der Waals surface area contributed by atoms with E-state index in [1.807, 2.05) is 20.8 Å². The summed E-state index contributed by atoms with van der Waals surface area (Å²) in [6, 6.07) is 4.92. The minimum atomic E-state index is -1.18. The molecule has 2 heterocycles. The van der Waals surface area contributed by atoms with E-state index in [1.54, 1.807) is 30.0 Å². The lowest BCUT2D eigenvalue weighted by Gasteiger charge is -2.35. The predicted molar refractivity (Wildman–Crippen MR) is 118 cm³/mol. The maximum absolute atomic E-state index is 13.6. The Morgan fingerprint density at radius 1 is 1.39 bits per heavy atom. The first-order chi connectivity index (χ1) is 14.6. The van der Waals surface area contributed by atoms with Gasteiger partial charge in [0.25, 0.3) is 5.91 Å². The minimum absolute atomic E-state index is 0.0154. The molecule has 2 aromatic rings. The highest BCUT2D eigenvalue weighted by atomic mass is 35.5. The van der Waals surface area contributed by atoms with Crippen LogP contribution in [0.5, 0.6) is 0 Å². The van der Waals surface area contributed by atoms with Crippen LogP contribution in [0.3, 0.4) is 0 Å². The van der Waals surface area contributed by atoms with Crippen LogP contribution in [0.1, 0.15) is 52.5 Å². The molecule has 1 saturated heterocycles. The van der Waals surface area contributed by atoms with Crippen molar-refractivity contribution in [1.29, 1.82) is 0 Å². The smallest absolute Gasteiger partial charge is 0.322 e.